The zero-order chi connectivity index (χ0) is 21.1. The predicted octanol–water partition coefficient (Wildman–Crippen LogP) is 2.71. The Morgan fingerprint density at radius 3 is 2.43 bits per heavy atom. The molecule has 1 aliphatic rings. The number of sulfonamides is 1. The molecular weight excluding hydrogens is 468 g/mol. The first-order valence-electron chi connectivity index (χ1n) is 9.56. The summed E-state index contributed by atoms with van der Waals surface area (Å²) in [7, 11) is -3.57. The summed E-state index contributed by atoms with van der Waals surface area (Å²) in [6, 6.07) is 16.4. The molecule has 0 atom stereocenters. The van der Waals surface area contributed by atoms with Crippen molar-refractivity contribution in [2.24, 2.45) is 0 Å². The molecule has 3 aromatic rings. The highest BCUT2D eigenvalue weighted by Gasteiger charge is 2.30. The van der Waals surface area contributed by atoms with Crippen LogP contribution in [0.2, 0.25) is 0 Å². The van der Waals surface area contributed by atoms with Crippen LogP contribution >= 0.6 is 15.9 Å². The first-order chi connectivity index (χ1) is 14.4. The number of hydrogen-bond acceptors (Lipinski definition) is 4. The summed E-state index contributed by atoms with van der Waals surface area (Å²) in [5.41, 5.74) is 1.76. The Hall–Kier alpha value is -2.49. The molecular formula is C21H21BrN4O3S. The van der Waals surface area contributed by atoms with E-state index in [1.807, 2.05) is 36.5 Å². The van der Waals surface area contributed by atoms with Crippen LogP contribution in [0.15, 0.2) is 76.4 Å². The second kappa shape index (κ2) is 8.71. The van der Waals surface area contributed by atoms with Crippen LogP contribution in [-0.4, -0.2) is 59.5 Å². The Morgan fingerprint density at radius 1 is 1.00 bits per heavy atom. The minimum atomic E-state index is -3.57. The Balaban J connectivity index is 1.36. The van der Waals surface area contributed by atoms with Crippen LogP contribution in [0.3, 0.4) is 0 Å². The van der Waals surface area contributed by atoms with Crippen molar-refractivity contribution in [3.8, 4) is 5.69 Å². The van der Waals surface area contributed by atoms with Crippen molar-refractivity contribution >= 4 is 31.9 Å². The van der Waals surface area contributed by atoms with Gasteiger partial charge in [0.15, 0.2) is 0 Å². The van der Waals surface area contributed by atoms with Gasteiger partial charge in [-0.3, -0.25) is 4.79 Å². The van der Waals surface area contributed by atoms with Gasteiger partial charge in [-0.2, -0.15) is 9.40 Å². The minimum absolute atomic E-state index is 0.0258. The van der Waals surface area contributed by atoms with Crippen LogP contribution in [0.5, 0.6) is 0 Å². The van der Waals surface area contributed by atoms with Gasteiger partial charge in [-0.25, -0.2) is 13.1 Å². The maximum atomic E-state index is 12.8. The number of benzene rings is 2. The first kappa shape index (κ1) is 20.8. The van der Waals surface area contributed by atoms with Crippen molar-refractivity contribution in [1.82, 2.24) is 19.0 Å². The maximum Gasteiger partial charge on any atom is 0.243 e. The number of piperazine rings is 1. The summed E-state index contributed by atoms with van der Waals surface area (Å²) in [6.07, 6.45) is 3.78. The normalized spacial score (nSPS) is 15.3. The summed E-state index contributed by atoms with van der Waals surface area (Å²) in [5.74, 6) is -0.0258. The highest BCUT2D eigenvalue weighted by atomic mass is 79.9. The average molecular weight is 489 g/mol. The van der Waals surface area contributed by atoms with Crippen molar-refractivity contribution in [2.45, 2.75) is 11.3 Å². The van der Waals surface area contributed by atoms with E-state index >= 15 is 0 Å². The Labute approximate surface area is 184 Å². The summed E-state index contributed by atoms with van der Waals surface area (Å²) in [6.45, 7) is 1.31. The molecule has 1 saturated heterocycles. The lowest BCUT2D eigenvalue weighted by Gasteiger charge is -2.34. The molecule has 1 amide bonds. The molecule has 0 unspecified atom stereocenters. The fraction of sp³-hybridized carbons (Fsp3) is 0.238. The summed E-state index contributed by atoms with van der Waals surface area (Å²) < 4.78 is 29.6. The molecule has 30 heavy (non-hydrogen) atoms. The number of carbonyl (C=O) groups is 1. The lowest BCUT2D eigenvalue weighted by atomic mass is 10.2. The van der Waals surface area contributed by atoms with Crippen LogP contribution in [0.25, 0.3) is 5.69 Å². The predicted molar refractivity (Wildman–Crippen MR) is 117 cm³/mol. The minimum Gasteiger partial charge on any atom is -0.340 e. The monoisotopic (exact) mass is 488 g/mol. The first-order valence-corrected chi connectivity index (χ1v) is 11.8. The second-order valence-electron chi connectivity index (χ2n) is 7.05. The number of hydrogen-bond donors (Lipinski definition) is 0. The third kappa shape index (κ3) is 4.48. The zero-order valence-electron chi connectivity index (χ0n) is 16.2. The van der Waals surface area contributed by atoms with Gasteiger partial charge in [0.25, 0.3) is 0 Å². The number of carbonyl (C=O) groups excluding carboxylic acids is 1. The largest absolute Gasteiger partial charge is 0.340 e. The van der Waals surface area contributed by atoms with Crippen molar-refractivity contribution in [3.63, 3.8) is 0 Å². The van der Waals surface area contributed by atoms with Gasteiger partial charge < -0.3 is 4.90 Å². The smallest absolute Gasteiger partial charge is 0.243 e. The molecule has 156 valence electrons. The molecule has 0 aliphatic carbocycles. The fourth-order valence-electron chi connectivity index (χ4n) is 3.41. The molecule has 7 nitrogen and oxygen atoms in total. The Kier molecular flexibility index (Phi) is 6.03. The van der Waals surface area contributed by atoms with Gasteiger partial charge in [-0.15, -0.1) is 0 Å². The van der Waals surface area contributed by atoms with E-state index in [2.05, 4.69) is 21.0 Å². The molecule has 4 rings (SSSR count). The van der Waals surface area contributed by atoms with E-state index in [0.717, 1.165) is 11.3 Å². The van der Waals surface area contributed by atoms with Crippen LogP contribution in [0.1, 0.15) is 5.56 Å². The van der Waals surface area contributed by atoms with Gasteiger partial charge in [0.1, 0.15) is 0 Å². The van der Waals surface area contributed by atoms with Crippen LogP contribution < -0.4 is 0 Å². The van der Waals surface area contributed by atoms with Gasteiger partial charge in [0.2, 0.25) is 15.9 Å². The number of rotatable bonds is 5. The fourth-order valence-corrected chi connectivity index (χ4v) is 5.43. The third-order valence-corrected chi connectivity index (χ3v) is 7.43. The number of para-hydroxylation sites is 1. The van der Waals surface area contributed by atoms with Crippen molar-refractivity contribution in [3.05, 3.63) is 77.0 Å². The number of halogens is 1. The van der Waals surface area contributed by atoms with E-state index in [1.54, 1.807) is 40.0 Å². The number of aromatic nitrogens is 2. The molecule has 1 aliphatic heterocycles. The van der Waals surface area contributed by atoms with Gasteiger partial charge in [-0.05, 0) is 35.9 Å². The molecule has 1 fully saturated rings. The van der Waals surface area contributed by atoms with E-state index in [0.29, 0.717) is 17.6 Å². The second-order valence-corrected chi connectivity index (χ2v) is 9.90. The highest BCUT2D eigenvalue weighted by molar-refractivity contribution is 9.10. The molecule has 1 aromatic heterocycles. The molecule has 0 bridgehead atoms. The molecule has 9 heteroatoms. The molecule has 0 spiro atoms. The highest BCUT2D eigenvalue weighted by Crippen LogP contribution is 2.21. The van der Waals surface area contributed by atoms with E-state index in [1.165, 1.54) is 4.31 Å². The van der Waals surface area contributed by atoms with E-state index < -0.39 is 10.0 Å². The summed E-state index contributed by atoms with van der Waals surface area (Å²) in [4.78, 5) is 14.7. The topological polar surface area (TPSA) is 75.5 Å². The third-order valence-electron chi connectivity index (χ3n) is 5.04. The van der Waals surface area contributed by atoms with Crippen LogP contribution in [0.4, 0.5) is 0 Å². The van der Waals surface area contributed by atoms with Gasteiger partial charge in [0, 0.05) is 36.8 Å². The van der Waals surface area contributed by atoms with Gasteiger partial charge >= 0.3 is 0 Å². The maximum absolute atomic E-state index is 12.8. The van der Waals surface area contributed by atoms with Crippen molar-refractivity contribution in [2.75, 3.05) is 26.2 Å². The van der Waals surface area contributed by atoms with Gasteiger partial charge in [0.05, 0.1) is 23.2 Å². The van der Waals surface area contributed by atoms with Crippen LogP contribution in [-0.2, 0) is 21.2 Å². The average Bonchev–Trinajstić information content (AvgIpc) is 3.23. The number of nitrogens with zero attached hydrogens (tertiary/aromatic N) is 4. The molecule has 0 N–H and O–H groups in total. The molecule has 2 aromatic carbocycles. The lowest BCUT2D eigenvalue weighted by Crippen LogP contribution is -2.50. The standard InChI is InChI=1S/C21H21BrN4O3S/c22-18-5-4-8-20(14-18)30(28,29)25-11-9-24(10-12-25)21(27)13-17-15-23-26(16-17)19-6-2-1-3-7-19/h1-8,14-16H,9-13H2. The van der Waals surface area contributed by atoms with Gasteiger partial charge in [-0.1, -0.05) is 40.2 Å². The van der Waals surface area contributed by atoms with E-state index in [-0.39, 0.29) is 30.3 Å². The van der Waals surface area contributed by atoms with Crippen LogP contribution in [0, 0.1) is 0 Å². The quantitative estimate of drug-likeness (QED) is 0.553. The van der Waals surface area contributed by atoms with E-state index in [4.69, 9.17) is 0 Å². The summed E-state index contributed by atoms with van der Waals surface area (Å²) >= 11 is 3.31. The molecule has 0 radical (unpaired) electrons. The van der Waals surface area contributed by atoms with Crippen molar-refractivity contribution in [1.29, 1.82) is 0 Å². The Morgan fingerprint density at radius 2 is 1.73 bits per heavy atom. The summed E-state index contributed by atoms with van der Waals surface area (Å²) in [5, 5.41) is 4.32. The lowest BCUT2D eigenvalue weighted by molar-refractivity contribution is -0.131. The SMILES string of the molecule is O=C(Cc1cnn(-c2ccccc2)c1)N1CCN(S(=O)(=O)c2cccc(Br)c2)CC1. The number of amides is 1. The zero-order valence-corrected chi connectivity index (χ0v) is 18.6. The van der Waals surface area contributed by atoms with Crippen molar-refractivity contribution < 1.29 is 13.2 Å². The molecule has 0 saturated carbocycles. The molecule has 2 heterocycles. The Bertz CT molecular complexity index is 1140. The van der Waals surface area contributed by atoms with E-state index in [9.17, 15) is 13.2 Å².